The molecule has 0 amide bonds. The van der Waals surface area contributed by atoms with Crippen molar-refractivity contribution < 1.29 is 5.11 Å². The fraction of sp³-hybridized carbons (Fsp3) is 0. The van der Waals surface area contributed by atoms with Crippen molar-refractivity contribution >= 4 is 46.4 Å². The Morgan fingerprint density at radius 1 is 0.882 bits per heavy atom. The maximum Gasteiger partial charge on any atom is 0.171 e. The molecule has 88 valence electrons. The molecule has 0 aliphatic heterocycles. The second-order valence-corrected chi connectivity index (χ2v) is 4.82. The topological polar surface area (TPSA) is 33.1 Å². The van der Waals surface area contributed by atoms with E-state index in [1.165, 1.54) is 12.3 Å². The molecule has 1 aromatic carbocycles. The number of aromatic nitrogens is 1. The minimum Gasteiger partial charge on any atom is -0.504 e. The first kappa shape index (κ1) is 12.8. The van der Waals surface area contributed by atoms with E-state index in [0.717, 1.165) is 0 Å². The molecule has 1 heterocycles. The van der Waals surface area contributed by atoms with Crippen molar-refractivity contribution in [3.8, 4) is 16.9 Å². The molecule has 2 rings (SSSR count). The van der Waals surface area contributed by atoms with E-state index < -0.39 is 0 Å². The van der Waals surface area contributed by atoms with Gasteiger partial charge in [-0.25, -0.2) is 4.98 Å². The molecule has 6 heteroatoms. The molecular weight excluding hydrogens is 304 g/mol. The van der Waals surface area contributed by atoms with Gasteiger partial charge in [0.1, 0.15) is 0 Å². The molecule has 0 fully saturated rings. The van der Waals surface area contributed by atoms with Crippen LogP contribution in [0, 0.1) is 0 Å². The maximum absolute atomic E-state index is 9.81. The minimum atomic E-state index is -0.144. The Hall–Kier alpha value is -0.670. The first-order chi connectivity index (χ1) is 8.00. The highest BCUT2D eigenvalue weighted by molar-refractivity contribution is 6.44. The van der Waals surface area contributed by atoms with Gasteiger partial charge in [-0.3, -0.25) is 0 Å². The van der Waals surface area contributed by atoms with Gasteiger partial charge in [-0.15, -0.1) is 0 Å². The number of rotatable bonds is 1. The van der Waals surface area contributed by atoms with Gasteiger partial charge in [-0.1, -0.05) is 46.4 Å². The van der Waals surface area contributed by atoms with E-state index in [4.69, 9.17) is 46.4 Å². The molecule has 2 nitrogen and oxygen atoms in total. The van der Waals surface area contributed by atoms with Crippen LogP contribution in [0.3, 0.4) is 0 Å². The molecule has 0 aliphatic rings. The predicted octanol–water partition coefficient (Wildman–Crippen LogP) is 5.07. The van der Waals surface area contributed by atoms with Crippen molar-refractivity contribution in [3.63, 3.8) is 0 Å². The van der Waals surface area contributed by atoms with E-state index in [9.17, 15) is 5.11 Å². The molecule has 0 atom stereocenters. The van der Waals surface area contributed by atoms with Crippen LogP contribution >= 0.6 is 46.4 Å². The van der Waals surface area contributed by atoms with Gasteiger partial charge in [0.05, 0.1) is 15.1 Å². The normalized spacial score (nSPS) is 10.6. The van der Waals surface area contributed by atoms with Crippen LogP contribution in [0.1, 0.15) is 0 Å². The lowest BCUT2D eigenvalue weighted by Crippen LogP contribution is -1.85. The lowest BCUT2D eigenvalue weighted by molar-refractivity contribution is 0.475. The summed E-state index contributed by atoms with van der Waals surface area (Å²) in [6.07, 6.45) is 1.47. The van der Waals surface area contributed by atoms with E-state index in [0.29, 0.717) is 26.2 Å². The minimum absolute atomic E-state index is 0.00430. The highest BCUT2D eigenvalue weighted by Crippen LogP contribution is 2.40. The molecule has 0 unspecified atom stereocenters. The maximum atomic E-state index is 9.81. The largest absolute Gasteiger partial charge is 0.504 e. The summed E-state index contributed by atoms with van der Waals surface area (Å²) in [5.74, 6) is -0.144. The summed E-state index contributed by atoms with van der Waals surface area (Å²) in [6, 6.07) is 4.67. The second-order valence-electron chi connectivity index (χ2n) is 3.24. The van der Waals surface area contributed by atoms with Crippen molar-refractivity contribution in [3.05, 3.63) is 44.6 Å². The van der Waals surface area contributed by atoms with E-state index in [1.54, 1.807) is 12.1 Å². The highest BCUT2D eigenvalue weighted by atomic mass is 35.5. The van der Waals surface area contributed by atoms with Crippen molar-refractivity contribution in [2.75, 3.05) is 0 Å². The van der Waals surface area contributed by atoms with Crippen molar-refractivity contribution in [2.24, 2.45) is 0 Å². The summed E-state index contributed by atoms with van der Waals surface area (Å²) in [5.41, 5.74) is 0.997. The number of aromatic hydroxyl groups is 1. The Balaban J connectivity index is 2.69. The quantitative estimate of drug-likeness (QED) is 0.589. The molecular formula is C11H5Cl4NO. The van der Waals surface area contributed by atoms with E-state index >= 15 is 0 Å². The summed E-state index contributed by atoms with van der Waals surface area (Å²) < 4.78 is 0. The van der Waals surface area contributed by atoms with Gasteiger partial charge in [0.15, 0.2) is 10.9 Å². The summed E-state index contributed by atoms with van der Waals surface area (Å²) in [5, 5.41) is 10.9. The van der Waals surface area contributed by atoms with Crippen LogP contribution in [0.15, 0.2) is 24.4 Å². The van der Waals surface area contributed by atoms with E-state index in [1.807, 2.05) is 0 Å². The summed E-state index contributed by atoms with van der Waals surface area (Å²) in [6.45, 7) is 0. The van der Waals surface area contributed by atoms with Gasteiger partial charge < -0.3 is 5.11 Å². The third-order valence-electron chi connectivity index (χ3n) is 2.18. The molecule has 2 aromatic rings. The molecule has 0 spiro atoms. The average Bonchev–Trinajstić information content (AvgIpc) is 2.28. The number of pyridine rings is 1. The second kappa shape index (κ2) is 4.91. The van der Waals surface area contributed by atoms with Gasteiger partial charge >= 0.3 is 0 Å². The van der Waals surface area contributed by atoms with Crippen LogP contribution in [0.4, 0.5) is 0 Å². The van der Waals surface area contributed by atoms with Crippen LogP contribution < -0.4 is 0 Å². The lowest BCUT2D eigenvalue weighted by atomic mass is 10.1. The molecule has 1 aromatic heterocycles. The van der Waals surface area contributed by atoms with Crippen molar-refractivity contribution in [2.45, 2.75) is 0 Å². The average molecular weight is 309 g/mol. The Labute approximate surface area is 118 Å². The smallest absolute Gasteiger partial charge is 0.171 e. The van der Waals surface area contributed by atoms with Crippen LogP contribution in [0.25, 0.3) is 11.1 Å². The zero-order valence-corrected chi connectivity index (χ0v) is 11.2. The Kier molecular flexibility index (Phi) is 3.69. The number of benzene rings is 1. The molecule has 0 saturated carbocycles. The lowest BCUT2D eigenvalue weighted by Gasteiger charge is -2.09. The molecule has 0 aliphatic carbocycles. The van der Waals surface area contributed by atoms with Gasteiger partial charge in [-0.2, -0.15) is 0 Å². The number of halogens is 4. The van der Waals surface area contributed by atoms with Crippen molar-refractivity contribution in [1.29, 1.82) is 0 Å². The Morgan fingerprint density at radius 3 is 2.24 bits per heavy atom. The standard InChI is InChI=1S/C11H5Cl4NO/c12-7-4-9(14)8(13)3-6(7)5-1-2-16-11(15)10(5)17/h1-4,17H. The van der Waals surface area contributed by atoms with Crippen LogP contribution in [-0.2, 0) is 0 Å². The molecule has 17 heavy (non-hydrogen) atoms. The predicted molar refractivity (Wildman–Crippen MR) is 71.4 cm³/mol. The van der Waals surface area contributed by atoms with Crippen LogP contribution in [-0.4, -0.2) is 10.1 Å². The van der Waals surface area contributed by atoms with E-state index in [2.05, 4.69) is 4.98 Å². The SMILES string of the molecule is Oc1c(-c2cc(Cl)c(Cl)cc2Cl)ccnc1Cl. The summed E-state index contributed by atoms with van der Waals surface area (Å²) in [7, 11) is 0. The number of hydrogen-bond acceptors (Lipinski definition) is 2. The number of hydrogen-bond donors (Lipinski definition) is 1. The van der Waals surface area contributed by atoms with E-state index in [-0.39, 0.29) is 10.9 Å². The van der Waals surface area contributed by atoms with Gasteiger partial charge in [0, 0.05) is 17.3 Å². The van der Waals surface area contributed by atoms with Crippen LogP contribution in [0.2, 0.25) is 20.2 Å². The third-order valence-corrected chi connectivity index (χ3v) is 3.49. The summed E-state index contributed by atoms with van der Waals surface area (Å²) >= 11 is 23.5. The molecule has 0 radical (unpaired) electrons. The first-order valence-electron chi connectivity index (χ1n) is 4.49. The van der Waals surface area contributed by atoms with Gasteiger partial charge in [0.2, 0.25) is 0 Å². The first-order valence-corrected chi connectivity index (χ1v) is 6.00. The van der Waals surface area contributed by atoms with Crippen molar-refractivity contribution in [1.82, 2.24) is 4.98 Å². The summed E-state index contributed by atoms with van der Waals surface area (Å²) in [4.78, 5) is 3.75. The Bertz CT molecular complexity index is 586. The third kappa shape index (κ3) is 2.45. The van der Waals surface area contributed by atoms with Gasteiger partial charge in [0.25, 0.3) is 0 Å². The highest BCUT2D eigenvalue weighted by Gasteiger charge is 2.13. The van der Waals surface area contributed by atoms with Gasteiger partial charge in [-0.05, 0) is 18.2 Å². The molecule has 0 saturated heterocycles. The van der Waals surface area contributed by atoms with Crippen LogP contribution in [0.5, 0.6) is 5.75 Å². The zero-order valence-electron chi connectivity index (χ0n) is 8.22. The fourth-order valence-electron chi connectivity index (χ4n) is 1.37. The number of nitrogens with zero attached hydrogens (tertiary/aromatic N) is 1. The zero-order chi connectivity index (χ0) is 12.6. The monoisotopic (exact) mass is 307 g/mol. The molecule has 1 N–H and O–H groups in total. The Morgan fingerprint density at radius 2 is 1.53 bits per heavy atom. The fourth-order valence-corrected chi connectivity index (χ4v) is 2.18. The molecule has 0 bridgehead atoms.